The van der Waals surface area contributed by atoms with Gasteiger partial charge in [0, 0.05) is 29.7 Å². The smallest absolute Gasteiger partial charge is 0.316 e. The number of aromatic nitrogens is 7. The molecule has 0 fully saturated rings. The topological polar surface area (TPSA) is 170 Å². The summed E-state index contributed by atoms with van der Waals surface area (Å²) in [5.74, 6) is 1.22. The van der Waals surface area contributed by atoms with E-state index >= 15 is 0 Å². The Hall–Kier alpha value is -5.72. The van der Waals surface area contributed by atoms with Gasteiger partial charge in [-0.15, -0.1) is 0 Å². The van der Waals surface area contributed by atoms with Crippen LogP contribution in [0, 0.1) is 6.92 Å². The number of aromatic amines is 1. The predicted molar refractivity (Wildman–Crippen MR) is 154 cm³/mol. The summed E-state index contributed by atoms with van der Waals surface area (Å²) in [4.78, 5) is 41.7. The Bertz CT molecular complexity index is 1980. The Morgan fingerprint density at radius 1 is 1.15 bits per heavy atom. The number of urea groups is 1. The van der Waals surface area contributed by atoms with Gasteiger partial charge in [0.15, 0.2) is 5.82 Å². The number of carbonyl (C=O) groups excluding carboxylic acids is 1. The van der Waals surface area contributed by atoms with Crippen LogP contribution in [-0.2, 0) is 0 Å². The van der Waals surface area contributed by atoms with Crippen LogP contribution in [0.4, 0.5) is 16.3 Å². The molecule has 6 aromatic rings. The third-order valence-electron chi connectivity index (χ3n) is 6.75. The van der Waals surface area contributed by atoms with Gasteiger partial charge in [0.25, 0.3) is 5.56 Å². The Kier molecular flexibility index (Phi) is 6.30. The standard InChI is InChI=1S/C28H26N10O3/c1-15-9-10-37-22(15)27(39)38(18-7-5-4-6-8-18)25(36-37)16(2)34-24-21-19(13-30-23(21)32-14-33-24)17-11-20(35-28(29)40)26(41-3)31-12-17/h4-14,16H,1-3H3,(H3,29,35,40)(H2,30,32,33,34)/t16-/m0/s1. The number of primary amides is 1. The molecule has 6 rings (SSSR count). The second kappa shape index (κ2) is 10.1. The molecule has 0 unspecified atom stereocenters. The SMILES string of the molecule is COc1ncc(-c2c[nH]c3ncnc(N[C@@H](C)c4nn5ccc(C)c5c(=O)n4-c4ccccc4)c23)cc1NC(N)=O. The number of methoxy groups -OCH3 is 1. The van der Waals surface area contributed by atoms with Crippen LogP contribution < -0.4 is 26.7 Å². The number of hydrogen-bond acceptors (Lipinski definition) is 8. The van der Waals surface area contributed by atoms with Crippen LogP contribution in [0.2, 0.25) is 0 Å². The van der Waals surface area contributed by atoms with Crippen LogP contribution in [0.3, 0.4) is 0 Å². The molecule has 0 aliphatic carbocycles. The molecular weight excluding hydrogens is 524 g/mol. The van der Waals surface area contributed by atoms with Crippen molar-refractivity contribution in [1.82, 2.24) is 34.1 Å². The third-order valence-corrected chi connectivity index (χ3v) is 6.75. The largest absolute Gasteiger partial charge is 0.480 e. The molecule has 1 atom stereocenters. The summed E-state index contributed by atoms with van der Waals surface area (Å²) in [6.45, 7) is 3.80. The van der Waals surface area contributed by atoms with Crippen molar-refractivity contribution in [2.45, 2.75) is 19.9 Å². The number of aryl methyl sites for hydroxylation is 1. The molecule has 5 heterocycles. The highest BCUT2D eigenvalue weighted by Gasteiger charge is 2.22. The molecule has 0 radical (unpaired) electrons. The van der Waals surface area contributed by atoms with Crippen LogP contribution in [0.1, 0.15) is 24.4 Å². The maximum atomic E-state index is 13.7. The minimum Gasteiger partial charge on any atom is -0.480 e. The van der Waals surface area contributed by atoms with Gasteiger partial charge in [0.05, 0.1) is 24.2 Å². The van der Waals surface area contributed by atoms with E-state index in [4.69, 9.17) is 15.6 Å². The van der Waals surface area contributed by atoms with Gasteiger partial charge in [0.2, 0.25) is 5.88 Å². The summed E-state index contributed by atoms with van der Waals surface area (Å²) >= 11 is 0. The number of para-hydroxylation sites is 1. The van der Waals surface area contributed by atoms with Crippen molar-refractivity contribution in [3.05, 3.63) is 89.1 Å². The Labute approximate surface area is 233 Å². The van der Waals surface area contributed by atoms with Gasteiger partial charge in [-0.3, -0.25) is 9.36 Å². The van der Waals surface area contributed by atoms with E-state index in [0.29, 0.717) is 45.1 Å². The first-order valence-corrected chi connectivity index (χ1v) is 12.7. The maximum absolute atomic E-state index is 13.7. The van der Waals surface area contributed by atoms with Gasteiger partial charge in [-0.2, -0.15) is 5.10 Å². The molecule has 0 aliphatic heterocycles. The Balaban J connectivity index is 1.47. The Morgan fingerprint density at radius 3 is 2.71 bits per heavy atom. The number of pyridine rings is 1. The molecular formula is C28H26N10O3. The fraction of sp³-hybridized carbons (Fsp3) is 0.143. The summed E-state index contributed by atoms with van der Waals surface area (Å²) in [6, 6.07) is 11.8. The van der Waals surface area contributed by atoms with E-state index in [0.717, 1.165) is 11.1 Å². The van der Waals surface area contributed by atoms with E-state index < -0.39 is 12.1 Å². The fourth-order valence-corrected chi connectivity index (χ4v) is 4.89. The molecule has 41 heavy (non-hydrogen) atoms. The molecule has 1 aromatic carbocycles. The van der Waals surface area contributed by atoms with E-state index in [1.165, 1.54) is 13.4 Å². The van der Waals surface area contributed by atoms with Crippen LogP contribution in [-0.4, -0.2) is 47.3 Å². The number of fused-ring (bicyclic) bond motifs is 2. The molecule has 0 aliphatic rings. The molecule has 5 aromatic heterocycles. The van der Waals surface area contributed by atoms with E-state index in [1.54, 1.807) is 33.7 Å². The lowest BCUT2D eigenvalue weighted by molar-refractivity contribution is 0.259. The molecule has 0 saturated carbocycles. The monoisotopic (exact) mass is 550 g/mol. The van der Waals surface area contributed by atoms with Crippen molar-refractivity contribution < 1.29 is 9.53 Å². The number of carbonyl (C=O) groups is 1. The number of anilines is 2. The lowest BCUT2D eigenvalue weighted by Gasteiger charge is -2.20. The summed E-state index contributed by atoms with van der Waals surface area (Å²) in [6.07, 6.45) is 6.61. The summed E-state index contributed by atoms with van der Waals surface area (Å²) in [5.41, 5.74) is 9.50. The number of benzene rings is 1. The van der Waals surface area contributed by atoms with Crippen molar-refractivity contribution in [3.8, 4) is 22.7 Å². The van der Waals surface area contributed by atoms with Crippen molar-refractivity contribution in [1.29, 1.82) is 0 Å². The minimum atomic E-state index is -0.743. The van der Waals surface area contributed by atoms with Crippen molar-refractivity contribution in [2.24, 2.45) is 5.73 Å². The van der Waals surface area contributed by atoms with E-state index in [9.17, 15) is 9.59 Å². The first-order chi connectivity index (χ1) is 19.9. The van der Waals surface area contributed by atoms with Crippen LogP contribution >= 0.6 is 0 Å². The first-order valence-electron chi connectivity index (χ1n) is 12.7. The Morgan fingerprint density at radius 2 is 1.95 bits per heavy atom. The highest BCUT2D eigenvalue weighted by molar-refractivity contribution is 6.01. The molecule has 5 N–H and O–H groups in total. The van der Waals surface area contributed by atoms with Gasteiger partial charge in [-0.1, -0.05) is 18.2 Å². The van der Waals surface area contributed by atoms with Crippen molar-refractivity contribution in [3.63, 3.8) is 0 Å². The maximum Gasteiger partial charge on any atom is 0.316 e. The average molecular weight is 551 g/mol. The molecule has 2 amide bonds. The molecule has 13 nitrogen and oxygen atoms in total. The number of amides is 2. The number of ether oxygens (including phenoxy) is 1. The van der Waals surface area contributed by atoms with Crippen molar-refractivity contribution in [2.75, 3.05) is 17.7 Å². The van der Waals surface area contributed by atoms with Gasteiger partial charge in [-0.05, 0) is 43.7 Å². The van der Waals surface area contributed by atoms with Crippen LogP contribution in [0.25, 0.3) is 33.4 Å². The number of nitrogens with two attached hydrogens (primary N) is 1. The number of hydrogen-bond donors (Lipinski definition) is 4. The van der Waals surface area contributed by atoms with Gasteiger partial charge < -0.3 is 26.1 Å². The summed E-state index contributed by atoms with van der Waals surface area (Å²) in [7, 11) is 1.45. The molecule has 13 heteroatoms. The zero-order chi connectivity index (χ0) is 28.7. The van der Waals surface area contributed by atoms with Gasteiger partial charge in [0.1, 0.15) is 29.0 Å². The molecule has 206 valence electrons. The third kappa shape index (κ3) is 4.48. The lowest BCUT2D eigenvalue weighted by atomic mass is 10.1. The molecule has 0 spiro atoms. The average Bonchev–Trinajstić information content (AvgIpc) is 3.57. The highest BCUT2D eigenvalue weighted by Crippen LogP contribution is 2.36. The number of nitrogens with zero attached hydrogens (tertiary/aromatic N) is 6. The second-order valence-electron chi connectivity index (χ2n) is 9.41. The first kappa shape index (κ1) is 25.6. The van der Waals surface area contributed by atoms with Crippen molar-refractivity contribution >= 4 is 34.1 Å². The van der Waals surface area contributed by atoms with Gasteiger partial charge >= 0.3 is 6.03 Å². The summed E-state index contributed by atoms with van der Waals surface area (Å²) < 4.78 is 8.48. The van der Waals surface area contributed by atoms with E-state index in [-0.39, 0.29) is 11.4 Å². The number of nitrogens with one attached hydrogen (secondary N) is 3. The second-order valence-corrected chi connectivity index (χ2v) is 9.41. The van der Waals surface area contributed by atoms with Crippen LogP contribution in [0.5, 0.6) is 5.88 Å². The normalized spacial score (nSPS) is 12.0. The highest BCUT2D eigenvalue weighted by atomic mass is 16.5. The summed E-state index contributed by atoms with van der Waals surface area (Å²) in [5, 5.41) is 11.5. The number of H-pyrrole nitrogens is 1. The number of rotatable bonds is 7. The van der Waals surface area contributed by atoms with Crippen LogP contribution in [0.15, 0.2) is 72.2 Å². The van der Waals surface area contributed by atoms with E-state index in [2.05, 4.69) is 30.6 Å². The minimum absolute atomic E-state index is 0.175. The van der Waals surface area contributed by atoms with E-state index in [1.807, 2.05) is 50.2 Å². The fourth-order valence-electron chi connectivity index (χ4n) is 4.89. The molecule has 0 bridgehead atoms. The van der Waals surface area contributed by atoms with Gasteiger partial charge in [-0.25, -0.2) is 24.3 Å². The molecule has 0 saturated heterocycles. The zero-order valence-electron chi connectivity index (χ0n) is 22.4. The lowest BCUT2D eigenvalue weighted by Crippen LogP contribution is -2.29. The quantitative estimate of drug-likeness (QED) is 0.233. The zero-order valence-corrected chi connectivity index (χ0v) is 22.4. The predicted octanol–water partition coefficient (Wildman–Crippen LogP) is 3.80.